The molecule has 0 bridgehead atoms. The Morgan fingerprint density at radius 3 is 0.812 bits per heavy atom. The van der Waals surface area contributed by atoms with Crippen molar-refractivity contribution < 1.29 is 0 Å². The van der Waals surface area contributed by atoms with E-state index < -0.39 is 0 Å². The van der Waals surface area contributed by atoms with Crippen molar-refractivity contribution in [2.45, 2.75) is 0 Å². The summed E-state index contributed by atoms with van der Waals surface area (Å²) >= 11 is 0. The van der Waals surface area contributed by atoms with Gasteiger partial charge in [0, 0.05) is 0 Å². The van der Waals surface area contributed by atoms with Crippen LogP contribution >= 0.6 is 0 Å². The van der Waals surface area contributed by atoms with E-state index in [-0.39, 0.29) is 0 Å². The van der Waals surface area contributed by atoms with Crippen LogP contribution in [-0.2, 0) is 0 Å². The van der Waals surface area contributed by atoms with E-state index in [1.165, 1.54) is 22.3 Å². The summed E-state index contributed by atoms with van der Waals surface area (Å²) in [5.74, 6) is 0. The van der Waals surface area contributed by atoms with Gasteiger partial charge in [0.25, 0.3) is 0 Å². The van der Waals surface area contributed by atoms with Gasteiger partial charge in [0.2, 0.25) is 0 Å². The normalized spacial score (nSPS) is 9.38. The minimum Gasteiger partial charge on any atom is -0.0906 e. The first-order valence-corrected chi connectivity index (χ1v) is 10.7. The predicted molar refractivity (Wildman–Crippen MR) is 139 cm³/mol. The van der Waals surface area contributed by atoms with E-state index >= 15 is 0 Å². The first-order valence-electron chi connectivity index (χ1n) is 10.7. The number of benzene rings is 5. The molecule has 5 aromatic rings. The van der Waals surface area contributed by atoms with E-state index in [1.807, 2.05) is 84.9 Å². The van der Waals surface area contributed by atoms with E-state index in [2.05, 4.69) is 79.4 Å². The van der Waals surface area contributed by atoms with E-state index in [4.69, 9.17) is 0 Å². The molecule has 0 amide bonds. The molecule has 0 radical (unpaired) electrons. The average molecular weight is 413 g/mol. The van der Waals surface area contributed by atoms with E-state index in [0.717, 1.165) is 5.57 Å². The highest BCUT2D eigenvalue weighted by Gasteiger charge is 1.99. The monoisotopic (exact) mass is 412 g/mol. The summed E-state index contributed by atoms with van der Waals surface area (Å²) in [6.07, 6.45) is 0. The van der Waals surface area contributed by atoms with Crippen LogP contribution in [-0.4, -0.2) is 0 Å². The summed E-state index contributed by atoms with van der Waals surface area (Å²) in [6, 6.07) is 53.3. The lowest BCUT2D eigenvalue weighted by atomic mass is 10.0. The summed E-state index contributed by atoms with van der Waals surface area (Å²) in [5, 5.41) is 0. The van der Waals surface area contributed by atoms with Crippen LogP contribution in [0.25, 0.3) is 16.7 Å². The molecule has 0 aliphatic heterocycles. The standard InChI is InChI=1S/C14H12.C12H10.C6H6/c1-12(13-8-4-2-5-9-13)14-10-6-3-7-11-14;1-3-7-11(8-4-1)12-9-5-2-6-10-12;1-2-4-6-5-3-1/h2-11H,1H2;1-10H;1-6H. The van der Waals surface area contributed by atoms with Crippen molar-refractivity contribution in [1.82, 2.24) is 0 Å². The van der Waals surface area contributed by atoms with Crippen LogP contribution < -0.4 is 0 Å². The van der Waals surface area contributed by atoms with Crippen LogP contribution in [0.4, 0.5) is 0 Å². The minimum absolute atomic E-state index is 1.08. The van der Waals surface area contributed by atoms with Gasteiger partial charge in [-0.25, -0.2) is 0 Å². The van der Waals surface area contributed by atoms with Crippen LogP contribution in [0.5, 0.6) is 0 Å². The highest BCUT2D eigenvalue weighted by molar-refractivity contribution is 5.77. The molecule has 0 atom stereocenters. The zero-order valence-corrected chi connectivity index (χ0v) is 18.2. The summed E-state index contributed by atoms with van der Waals surface area (Å²) in [5.41, 5.74) is 5.99. The minimum atomic E-state index is 1.08. The fourth-order valence-corrected chi connectivity index (χ4v) is 3.09. The van der Waals surface area contributed by atoms with E-state index in [1.54, 1.807) is 0 Å². The third-order valence-electron chi connectivity index (χ3n) is 4.79. The van der Waals surface area contributed by atoms with Gasteiger partial charge in [-0.15, -0.1) is 0 Å². The molecule has 0 heterocycles. The van der Waals surface area contributed by atoms with Crippen molar-refractivity contribution >= 4 is 5.57 Å². The predicted octanol–water partition coefficient (Wildman–Crippen LogP) is 8.79. The number of rotatable bonds is 3. The molecule has 5 rings (SSSR count). The third kappa shape index (κ3) is 7.59. The van der Waals surface area contributed by atoms with Crippen LogP contribution in [0.3, 0.4) is 0 Å². The maximum atomic E-state index is 4.10. The second-order valence-electron chi connectivity index (χ2n) is 7.10. The Kier molecular flexibility index (Phi) is 9.29. The van der Waals surface area contributed by atoms with Gasteiger partial charge >= 0.3 is 0 Å². The van der Waals surface area contributed by atoms with Crippen LogP contribution in [0.1, 0.15) is 11.1 Å². The van der Waals surface area contributed by atoms with Crippen molar-refractivity contribution in [1.29, 1.82) is 0 Å². The molecule has 0 aliphatic carbocycles. The van der Waals surface area contributed by atoms with Crippen molar-refractivity contribution in [3.8, 4) is 11.1 Å². The molecule has 0 aliphatic rings. The van der Waals surface area contributed by atoms with Crippen LogP contribution in [0, 0.1) is 0 Å². The molecule has 0 saturated carbocycles. The molecule has 0 nitrogen and oxygen atoms in total. The topological polar surface area (TPSA) is 0 Å². The molecule has 32 heavy (non-hydrogen) atoms. The number of hydrogen-bond donors (Lipinski definition) is 0. The smallest absolute Gasteiger partial charge is 0.0183 e. The first-order chi connectivity index (χ1) is 15.8. The van der Waals surface area contributed by atoms with Crippen molar-refractivity contribution in [3.05, 3.63) is 175 Å². The third-order valence-corrected chi connectivity index (χ3v) is 4.79. The first kappa shape index (κ1) is 22.5. The Hall–Kier alpha value is -4.16. The van der Waals surface area contributed by atoms with Crippen LogP contribution in [0.2, 0.25) is 0 Å². The Morgan fingerprint density at radius 1 is 0.312 bits per heavy atom. The molecular weight excluding hydrogens is 384 g/mol. The van der Waals surface area contributed by atoms with Gasteiger partial charge in [-0.1, -0.05) is 164 Å². The van der Waals surface area contributed by atoms with Gasteiger partial charge < -0.3 is 0 Å². The summed E-state index contributed by atoms with van der Waals surface area (Å²) in [4.78, 5) is 0. The molecule has 0 N–H and O–H groups in total. The van der Waals surface area contributed by atoms with Gasteiger partial charge in [0.05, 0.1) is 0 Å². The Morgan fingerprint density at radius 2 is 0.531 bits per heavy atom. The van der Waals surface area contributed by atoms with Crippen molar-refractivity contribution in [3.63, 3.8) is 0 Å². The molecule has 0 heteroatoms. The summed E-state index contributed by atoms with van der Waals surface area (Å²) < 4.78 is 0. The highest BCUT2D eigenvalue weighted by atomic mass is 14.0. The van der Waals surface area contributed by atoms with Gasteiger partial charge in [-0.2, -0.15) is 0 Å². The van der Waals surface area contributed by atoms with Gasteiger partial charge in [-0.05, 0) is 27.8 Å². The van der Waals surface area contributed by atoms with Crippen LogP contribution in [0.15, 0.2) is 164 Å². The molecule has 5 aromatic carbocycles. The molecule has 156 valence electrons. The molecular formula is C32H28. The SMILES string of the molecule is C=C(c1ccccc1)c1ccccc1.c1ccc(-c2ccccc2)cc1.c1ccccc1. The second-order valence-corrected chi connectivity index (χ2v) is 7.10. The maximum absolute atomic E-state index is 4.10. The molecule has 0 saturated heterocycles. The fraction of sp³-hybridized carbons (Fsp3) is 0. The second kappa shape index (κ2) is 13.2. The largest absolute Gasteiger partial charge is 0.0906 e. The van der Waals surface area contributed by atoms with E-state index in [0.29, 0.717) is 0 Å². The molecule has 0 fully saturated rings. The lowest BCUT2D eigenvalue weighted by Crippen LogP contribution is -1.84. The quantitative estimate of drug-likeness (QED) is 0.278. The van der Waals surface area contributed by atoms with Gasteiger partial charge in [0.1, 0.15) is 0 Å². The average Bonchev–Trinajstić information content (AvgIpc) is 2.92. The summed E-state index contributed by atoms with van der Waals surface area (Å²) in [7, 11) is 0. The Bertz CT molecular complexity index is 1030. The maximum Gasteiger partial charge on any atom is -0.0183 e. The van der Waals surface area contributed by atoms with E-state index in [9.17, 15) is 0 Å². The zero-order valence-electron chi connectivity index (χ0n) is 18.2. The van der Waals surface area contributed by atoms with Gasteiger partial charge in [-0.3, -0.25) is 0 Å². The van der Waals surface area contributed by atoms with Crippen molar-refractivity contribution in [2.24, 2.45) is 0 Å². The zero-order chi connectivity index (χ0) is 22.3. The van der Waals surface area contributed by atoms with Crippen molar-refractivity contribution in [2.75, 3.05) is 0 Å². The lowest BCUT2D eigenvalue weighted by molar-refractivity contribution is 1.56. The molecule has 0 spiro atoms. The Balaban J connectivity index is 0.000000146. The fourth-order valence-electron chi connectivity index (χ4n) is 3.09. The number of hydrogen-bond acceptors (Lipinski definition) is 0. The highest BCUT2D eigenvalue weighted by Crippen LogP contribution is 2.20. The molecule has 0 aromatic heterocycles. The molecule has 0 unspecified atom stereocenters. The Labute approximate surface area is 192 Å². The summed E-state index contributed by atoms with van der Waals surface area (Å²) in [6.45, 7) is 4.10. The lowest BCUT2D eigenvalue weighted by Gasteiger charge is -2.04. The van der Waals surface area contributed by atoms with Gasteiger partial charge in [0.15, 0.2) is 0 Å².